The van der Waals surface area contributed by atoms with E-state index in [4.69, 9.17) is 9.84 Å². The number of ether oxygens (including phenoxy) is 1. The molecule has 0 spiro atoms. The molecule has 0 saturated heterocycles. The van der Waals surface area contributed by atoms with E-state index >= 15 is 0 Å². The lowest BCUT2D eigenvalue weighted by molar-refractivity contribution is -0.139. The lowest BCUT2D eigenvalue weighted by atomic mass is 9.94. The second kappa shape index (κ2) is 15.0. The molecule has 0 fully saturated rings. The first-order chi connectivity index (χ1) is 21.9. The van der Waals surface area contributed by atoms with E-state index in [1.807, 2.05) is 32.9 Å². The van der Waals surface area contributed by atoms with Gasteiger partial charge in [-0.15, -0.1) is 0 Å². The van der Waals surface area contributed by atoms with Gasteiger partial charge < -0.3 is 29.9 Å². The molecule has 10 heteroatoms. The Morgan fingerprint density at radius 1 is 0.870 bits per heavy atom. The highest BCUT2D eigenvalue weighted by Gasteiger charge is 2.30. The number of hydrogen-bond acceptors (Lipinski definition) is 5. The summed E-state index contributed by atoms with van der Waals surface area (Å²) in [6, 6.07) is 18.0. The summed E-state index contributed by atoms with van der Waals surface area (Å²) in [5.41, 5.74) is 3.71. The van der Waals surface area contributed by atoms with Gasteiger partial charge in [0.25, 0.3) is 5.91 Å². The van der Waals surface area contributed by atoms with Gasteiger partial charge in [0.2, 0.25) is 0 Å². The first kappa shape index (κ1) is 34.1. The van der Waals surface area contributed by atoms with Gasteiger partial charge in [-0.2, -0.15) is 0 Å². The van der Waals surface area contributed by atoms with E-state index in [1.165, 1.54) is 30.3 Å². The molecular formula is C36H38F2N2O6. The summed E-state index contributed by atoms with van der Waals surface area (Å²) in [5.74, 6) is -1.86. The summed E-state index contributed by atoms with van der Waals surface area (Å²) >= 11 is 0. The average Bonchev–Trinajstić information content (AvgIpc) is 3.36. The number of benzene rings is 3. The lowest BCUT2D eigenvalue weighted by Crippen LogP contribution is -2.29. The standard InChI is InChI=1S/C36H38F2N2O6/c1-21(2)40-31(18-15-28(41)19-29(42)20-32(43)44)33(24-5-11-26(37)12-6-24)34(25-7-13-27(38)14-8-25)35(40)36(45)39-22(3)23-9-16-30(46-4)17-10-23/h5-18,21-22,28-29,41-42H,19-20H2,1-4H3,(H,39,45)(H,43,44)/t22?,28-,29+/m1/s1. The Morgan fingerprint density at radius 3 is 1.91 bits per heavy atom. The highest BCUT2D eigenvalue weighted by molar-refractivity contribution is 6.06. The Morgan fingerprint density at radius 2 is 1.41 bits per heavy atom. The van der Waals surface area contributed by atoms with Gasteiger partial charge in [0.05, 0.1) is 31.8 Å². The molecule has 4 aromatic rings. The number of nitrogens with one attached hydrogen (secondary N) is 1. The van der Waals surface area contributed by atoms with Crippen LogP contribution in [0.5, 0.6) is 5.75 Å². The lowest BCUT2D eigenvalue weighted by Gasteiger charge is -2.20. The van der Waals surface area contributed by atoms with Crippen molar-refractivity contribution in [1.82, 2.24) is 9.88 Å². The van der Waals surface area contributed by atoms with Crippen LogP contribution in [0.15, 0.2) is 78.9 Å². The number of aromatic nitrogens is 1. The number of aliphatic hydroxyl groups is 2. The first-order valence-corrected chi connectivity index (χ1v) is 14.9. The van der Waals surface area contributed by atoms with Crippen LogP contribution < -0.4 is 10.1 Å². The van der Waals surface area contributed by atoms with Crippen LogP contribution in [0.2, 0.25) is 0 Å². The van der Waals surface area contributed by atoms with Gasteiger partial charge >= 0.3 is 5.97 Å². The van der Waals surface area contributed by atoms with E-state index in [0.29, 0.717) is 33.7 Å². The predicted molar refractivity (Wildman–Crippen MR) is 172 cm³/mol. The summed E-state index contributed by atoms with van der Waals surface area (Å²) < 4.78 is 35.3. The van der Waals surface area contributed by atoms with Gasteiger partial charge in [0, 0.05) is 29.3 Å². The second-order valence-corrected chi connectivity index (χ2v) is 11.3. The van der Waals surface area contributed by atoms with Gasteiger partial charge in [0.1, 0.15) is 23.1 Å². The predicted octanol–water partition coefficient (Wildman–Crippen LogP) is 6.78. The maximum Gasteiger partial charge on any atom is 0.305 e. The number of carbonyl (C=O) groups excluding carboxylic acids is 1. The van der Waals surface area contributed by atoms with Crippen molar-refractivity contribution in [2.45, 2.75) is 57.9 Å². The molecular weight excluding hydrogens is 594 g/mol. The Kier molecular flexibility index (Phi) is 11.1. The van der Waals surface area contributed by atoms with E-state index in [-0.39, 0.29) is 18.2 Å². The Labute approximate surface area is 266 Å². The van der Waals surface area contributed by atoms with E-state index in [0.717, 1.165) is 5.56 Å². The SMILES string of the molecule is COc1ccc(C(C)NC(=O)c2c(-c3ccc(F)cc3)c(-c3ccc(F)cc3)c(C=C[C@@H](O)C[C@H](O)CC(=O)O)n2C(C)C)cc1. The maximum atomic E-state index is 14.3. The minimum atomic E-state index is -1.28. The van der Waals surface area contributed by atoms with Crippen LogP contribution in [0.25, 0.3) is 28.3 Å². The second-order valence-electron chi connectivity index (χ2n) is 11.3. The molecule has 0 radical (unpaired) electrons. The number of aliphatic carboxylic acids is 1. The average molecular weight is 633 g/mol. The van der Waals surface area contributed by atoms with Crippen molar-refractivity contribution < 1.29 is 38.4 Å². The highest BCUT2D eigenvalue weighted by Crippen LogP contribution is 2.43. The smallest absolute Gasteiger partial charge is 0.305 e. The number of carboxylic acid groups (broad SMARTS) is 1. The molecule has 4 N–H and O–H groups in total. The molecule has 242 valence electrons. The quantitative estimate of drug-likeness (QED) is 0.129. The monoisotopic (exact) mass is 632 g/mol. The van der Waals surface area contributed by atoms with Crippen LogP contribution in [-0.2, 0) is 4.79 Å². The normalized spacial score (nSPS) is 13.5. The Hall–Kier alpha value is -4.80. The van der Waals surface area contributed by atoms with Crippen LogP contribution in [0.4, 0.5) is 8.78 Å². The van der Waals surface area contributed by atoms with Gasteiger partial charge in [-0.3, -0.25) is 9.59 Å². The van der Waals surface area contributed by atoms with Crippen molar-refractivity contribution in [3.63, 3.8) is 0 Å². The van der Waals surface area contributed by atoms with Crippen molar-refractivity contribution in [2.24, 2.45) is 0 Å². The molecule has 3 aromatic carbocycles. The molecule has 0 bridgehead atoms. The van der Waals surface area contributed by atoms with E-state index < -0.39 is 48.2 Å². The Bertz CT molecular complexity index is 1680. The van der Waals surface area contributed by atoms with Crippen LogP contribution in [-0.4, -0.2) is 51.1 Å². The molecule has 8 nitrogen and oxygen atoms in total. The number of carbonyl (C=O) groups is 2. The number of methoxy groups -OCH3 is 1. The molecule has 1 amide bonds. The number of hydrogen-bond donors (Lipinski definition) is 4. The van der Waals surface area contributed by atoms with Crippen molar-refractivity contribution in [1.29, 1.82) is 0 Å². The van der Waals surface area contributed by atoms with Gasteiger partial charge in [0.15, 0.2) is 0 Å². The first-order valence-electron chi connectivity index (χ1n) is 14.9. The van der Waals surface area contributed by atoms with Crippen molar-refractivity contribution in [3.8, 4) is 28.0 Å². The summed E-state index contributed by atoms with van der Waals surface area (Å²) in [7, 11) is 1.57. The molecule has 46 heavy (non-hydrogen) atoms. The fraction of sp³-hybridized carbons (Fsp3) is 0.278. The van der Waals surface area contributed by atoms with Gasteiger partial charge in [-0.25, -0.2) is 8.78 Å². The summed E-state index contributed by atoms with van der Waals surface area (Å²) in [6.07, 6.45) is -0.224. The summed E-state index contributed by atoms with van der Waals surface area (Å²) in [5, 5.41) is 32.9. The third-order valence-corrected chi connectivity index (χ3v) is 7.60. The van der Waals surface area contributed by atoms with Crippen LogP contribution in [0, 0.1) is 11.6 Å². The topological polar surface area (TPSA) is 121 Å². The minimum Gasteiger partial charge on any atom is -0.497 e. The van der Waals surface area contributed by atoms with Crippen molar-refractivity contribution in [2.75, 3.05) is 7.11 Å². The third-order valence-electron chi connectivity index (χ3n) is 7.60. The van der Waals surface area contributed by atoms with Crippen LogP contribution in [0.3, 0.4) is 0 Å². The van der Waals surface area contributed by atoms with Crippen molar-refractivity contribution >= 4 is 18.0 Å². The van der Waals surface area contributed by atoms with Gasteiger partial charge in [-0.05, 0) is 79.9 Å². The number of rotatable bonds is 13. The molecule has 0 aliphatic rings. The number of amides is 1. The molecule has 1 aromatic heterocycles. The fourth-order valence-corrected chi connectivity index (χ4v) is 5.42. The Balaban J connectivity index is 1.93. The van der Waals surface area contributed by atoms with Crippen LogP contribution in [0.1, 0.15) is 67.4 Å². The van der Waals surface area contributed by atoms with E-state index in [2.05, 4.69) is 5.32 Å². The number of aliphatic hydroxyl groups excluding tert-OH is 2. The molecule has 1 heterocycles. The number of nitrogens with zero attached hydrogens (tertiary/aromatic N) is 1. The minimum absolute atomic E-state index is 0.228. The number of halogens is 2. The molecule has 3 atom stereocenters. The number of carboxylic acids is 1. The molecule has 1 unspecified atom stereocenters. The van der Waals surface area contributed by atoms with Gasteiger partial charge in [-0.1, -0.05) is 42.5 Å². The largest absolute Gasteiger partial charge is 0.497 e. The zero-order valence-corrected chi connectivity index (χ0v) is 26.1. The fourth-order valence-electron chi connectivity index (χ4n) is 5.42. The van der Waals surface area contributed by atoms with Crippen molar-refractivity contribution in [3.05, 3.63) is 107 Å². The third kappa shape index (κ3) is 8.07. The maximum absolute atomic E-state index is 14.3. The zero-order valence-electron chi connectivity index (χ0n) is 26.1. The summed E-state index contributed by atoms with van der Waals surface area (Å²) in [6.45, 7) is 5.62. The summed E-state index contributed by atoms with van der Waals surface area (Å²) in [4.78, 5) is 25.3. The molecule has 0 aliphatic heterocycles. The van der Waals surface area contributed by atoms with E-state index in [1.54, 1.807) is 54.2 Å². The highest BCUT2D eigenvalue weighted by atomic mass is 19.1. The van der Waals surface area contributed by atoms with Crippen LogP contribution >= 0.6 is 0 Å². The molecule has 0 saturated carbocycles. The molecule has 4 rings (SSSR count). The zero-order chi connectivity index (χ0) is 33.5. The van der Waals surface area contributed by atoms with E-state index in [9.17, 15) is 28.6 Å². The molecule has 0 aliphatic carbocycles.